The molecule has 0 bridgehead atoms. The highest BCUT2D eigenvalue weighted by Gasteiger charge is 2.46. The standard InChI is InChI=1S/C28H31N3O3S/c1-3-7-25(32)30(20-8-5-4-6-9-20)23-17-26(33)31(28(23)34)21-13-11-19(12-14-21)27-29-22-15-10-18(2)16-24(22)35-27/h10-16,20,23H,3-9,17H2,1-2H3. The third kappa shape index (κ3) is 4.61. The molecule has 0 radical (unpaired) electrons. The zero-order chi connectivity index (χ0) is 24.5. The molecule has 1 saturated carbocycles. The fraction of sp³-hybridized carbons (Fsp3) is 0.429. The second-order valence-corrected chi connectivity index (χ2v) is 10.7. The van der Waals surface area contributed by atoms with Gasteiger partial charge in [-0.3, -0.25) is 14.4 Å². The van der Waals surface area contributed by atoms with Crippen molar-refractivity contribution in [1.82, 2.24) is 9.88 Å². The number of imide groups is 1. The van der Waals surface area contributed by atoms with Gasteiger partial charge in [-0.15, -0.1) is 11.3 Å². The molecule has 2 aliphatic rings. The average molecular weight is 490 g/mol. The molecule has 6 nitrogen and oxygen atoms in total. The van der Waals surface area contributed by atoms with Crippen molar-refractivity contribution in [2.75, 3.05) is 4.90 Å². The van der Waals surface area contributed by atoms with Crippen LogP contribution >= 0.6 is 11.3 Å². The van der Waals surface area contributed by atoms with Crippen LogP contribution < -0.4 is 4.90 Å². The van der Waals surface area contributed by atoms with Crippen LogP contribution in [0.3, 0.4) is 0 Å². The molecule has 3 amide bonds. The summed E-state index contributed by atoms with van der Waals surface area (Å²) in [4.78, 5) is 47.4. The van der Waals surface area contributed by atoms with Crippen molar-refractivity contribution < 1.29 is 14.4 Å². The van der Waals surface area contributed by atoms with Crippen molar-refractivity contribution in [3.8, 4) is 10.6 Å². The minimum absolute atomic E-state index is 0.00572. The van der Waals surface area contributed by atoms with E-state index >= 15 is 0 Å². The van der Waals surface area contributed by atoms with Crippen LogP contribution in [0.15, 0.2) is 42.5 Å². The number of hydrogen-bond acceptors (Lipinski definition) is 5. The number of hydrogen-bond donors (Lipinski definition) is 0. The van der Waals surface area contributed by atoms with Crippen molar-refractivity contribution in [3.05, 3.63) is 48.0 Å². The first-order valence-electron chi connectivity index (χ1n) is 12.6. The summed E-state index contributed by atoms with van der Waals surface area (Å²) in [6.45, 7) is 4.04. The van der Waals surface area contributed by atoms with Gasteiger partial charge in [0.2, 0.25) is 11.8 Å². The molecular formula is C28H31N3O3S. The van der Waals surface area contributed by atoms with E-state index in [1.165, 1.54) is 10.5 Å². The van der Waals surface area contributed by atoms with Crippen molar-refractivity contribution in [2.24, 2.45) is 0 Å². The number of carbonyl (C=O) groups excluding carboxylic acids is 3. The molecule has 35 heavy (non-hydrogen) atoms. The maximum absolute atomic E-state index is 13.5. The Labute approximate surface area is 209 Å². The lowest BCUT2D eigenvalue weighted by Crippen LogP contribution is -2.51. The van der Waals surface area contributed by atoms with E-state index in [1.807, 2.05) is 37.3 Å². The van der Waals surface area contributed by atoms with E-state index in [2.05, 4.69) is 19.1 Å². The summed E-state index contributed by atoms with van der Waals surface area (Å²) in [6, 6.07) is 13.0. The first-order valence-corrected chi connectivity index (χ1v) is 13.4. The predicted molar refractivity (Wildman–Crippen MR) is 139 cm³/mol. The molecule has 0 N–H and O–H groups in total. The molecule has 3 aromatic rings. The number of fused-ring (bicyclic) bond motifs is 1. The minimum Gasteiger partial charge on any atom is -0.327 e. The van der Waals surface area contributed by atoms with Crippen LogP contribution in [-0.2, 0) is 14.4 Å². The van der Waals surface area contributed by atoms with Crippen LogP contribution in [0.2, 0.25) is 0 Å². The monoisotopic (exact) mass is 489 g/mol. The van der Waals surface area contributed by atoms with Crippen LogP contribution in [0.4, 0.5) is 5.69 Å². The molecule has 2 fully saturated rings. The Hall–Kier alpha value is -3.06. The summed E-state index contributed by atoms with van der Waals surface area (Å²) >= 11 is 1.63. The van der Waals surface area contributed by atoms with E-state index in [0.29, 0.717) is 12.1 Å². The van der Waals surface area contributed by atoms with Crippen molar-refractivity contribution in [1.29, 1.82) is 0 Å². The van der Waals surface area contributed by atoms with Gasteiger partial charge in [0, 0.05) is 18.0 Å². The van der Waals surface area contributed by atoms with Gasteiger partial charge in [-0.25, -0.2) is 9.88 Å². The quantitative estimate of drug-likeness (QED) is 0.406. The molecule has 1 unspecified atom stereocenters. The van der Waals surface area contributed by atoms with Crippen molar-refractivity contribution >= 4 is 45.0 Å². The Kier molecular flexibility index (Phi) is 6.69. The molecule has 2 heterocycles. The van der Waals surface area contributed by atoms with Crippen LogP contribution in [0, 0.1) is 6.92 Å². The van der Waals surface area contributed by atoms with E-state index in [0.717, 1.165) is 59.3 Å². The van der Waals surface area contributed by atoms with Gasteiger partial charge >= 0.3 is 0 Å². The highest BCUT2D eigenvalue weighted by atomic mass is 32.1. The topological polar surface area (TPSA) is 70.6 Å². The summed E-state index contributed by atoms with van der Waals surface area (Å²) < 4.78 is 1.14. The fourth-order valence-corrected chi connectivity index (χ4v) is 6.42. The normalized spacial score (nSPS) is 19.0. The Morgan fingerprint density at radius 1 is 1.09 bits per heavy atom. The molecule has 182 valence electrons. The fourth-order valence-electron chi connectivity index (χ4n) is 5.35. The van der Waals surface area contributed by atoms with Gasteiger partial charge in [0.15, 0.2) is 0 Å². The molecule has 5 rings (SSSR count). The van der Waals surface area contributed by atoms with Gasteiger partial charge in [0.05, 0.1) is 22.3 Å². The number of nitrogens with zero attached hydrogens (tertiary/aromatic N) is 3. The molecule has 7 heteroatoms. The maximum Gasteiger partial charge on any atom is 0.257 e. The van der Waals surface area contributed by atoms with Gasteiger partial charge in [-0.1, -0.05) is 32.3 Å². The van der Waals surface area contributed by atoms with Gasteiger partial charge in [0.1, 0.15) is 11.0 Å². The Balaban J connectivity index is 1.39. The number of anilines is 1. The largest absolute Gasteiger partial charge is 0.327 e. The molecule has 1 aliphatic carbocycles. The lowest BCUT2D eigenvalue weighted by atomic mass is 9.92. The molecule has 1 saturated heterocycles. The van der Waals surface area contributed by atoms with Crippen LogP contribution in [-0.4, -0.2) is 39.7 Å². The number of aromatic nitrogens is 1. The number of benzene rings is 2. The minimum atomic E-state index is -0.697. The molecule has 2 aromatic carbocycles. The zero-order valence-electron chi connectivity index (χ0n) is 20.3. The molecular weight excluding hydrogens is 458 g/mol. The number of carbonyl (C=O) groups is 3. The number of rotatable bonds is 6. The smallest absolute Gasteiger partial charge is 0.257 e. The number of amides is 3. The van der Waals surface area contributed by atoms with Gasteiger partial charge in [-0.05, 0) is 68.1 Å². The van der Waals surface area contributed by atoms with E-state index in [4.69, 9.17) is 4.98 Å². The van der Waals surface area contributed by atoms with Crippen molar-refractivity contribution in [3.63, 3.8) is 0 Å². The molecule has 1 atom stereocenters. The second-order valence-electron chi connectivity index (χ2n) is 9.67. The summed E-state index contributed by atoms with van der Waals surface area (Å²) in [5.41, 5.74) is 3.66. The summed E-state index contributed by atoms with van der Waals surface area (Å²) in [5, 5.41) is 0.905. The number of aryl methyl sites for hydroxylation is 1. The van der Waals surface area contributed by atoms with E-state index in [1.54, 1.807) is 16.2 Å². The SMILES string of the molecule is CCCC(=O)N(C1CCCCC1)C1CC(=O)N(c2ccc(-c3nc4ccc(C)cc4s3)cc2)C1=O. The lowest BCUT2D eigenvalue weighted by Gasteiger charge is -2.37. The van der Waals surface area contributed by atoms with E-state index in [-0.39, 0.29) is 30.2 Å². The number of thiazole rings is 1. The van der Waals surface area contributed by atoms with E-state index in [9.17, 15) is 14.4 Å². The van der Waals surface area contributed by atoms with Gasteiger partial charge < -0.3 is 4.90 Å². The summed E-state index contributed by atoms with van der Waals surface area (Å²) in [7, 11) is 0. The third-order valence-electron chi connectivity index (χ3n) is 7.09. The Bertz CT molecular complexity index is 1260. The first kappa shape index (κ1) is 23.7. The van der Waals surface area contributed by atoms with Gasteiger partial charge in [-0.2, -0.15) is 0 Å². The van der Waals surface area contributed by atoms with E-state index < -0.39 is 6.04 Å². The first-order chi connectivity index (χ1) is 17.0. The molecule has 1 aliphatic heterocycles. The molecule has 1 aromatic heterocycles. The maximum atomic E-state index is 13.5. The average Bonchev–Trinajstić information content (AvgIpc) is 3.40. The predicted octanol–water partition coefficient (Wildman–Crippen LogP) is 5.87. The van der Waals surface area contributed by atoms with Crippen LogP contribution in [0.1, 0.15) is 63.9 Å². The third-order valence-corrected chi connectivity index (χ3v) is 8.16. The summed E-state index contributed by atoms with van der Waals surface area (Å²) in [6.07, 6.45) is 6.30. The highest BCUT2D eigenvalue weighted by molar-refractivity contribution is 7.21. The molecule has 0 spiro atoms. The van der Waals surface area contributed by atoms with Crippen molar-refractivity contribution in [2.45, 2.75) is 77.3 Å². The Morgan fingerprint density at radius 2 is 1.83 bits per heavy atom. The van der Waals surface area contributed by atoms with Gasteiger partial charge in [0.25, 0.3) is 5.91 Å². The second kappa shape index (κ2) is 9.90. The highest BCUT2D eigenvalue weighted by Crippen LogP contribution is 2.34. The summed E-state index contributed by atoms with van der Waals surface area (Å²) in [5.74, 6) is -0.532. The lowest BCUT2D eigenvalue weighted by molar-refractivity contribution is -0.141. The van der Waals surface area contributed by atoms with Crippen LogP contribution in [0.25, 0.3) is 20.8 Å². The Morgan fingerprint density at radius 3 is 2.54 bits per heavy atom. The zero-order valence-corrected chi connectivity index (χ0v) is 21.1. The van der Waals surface area contributed by atoms with Crippen LogP contribution in [0.5, 0.6) is 0 Å².